The Kier molecular flexibility index (Phi) is 6.11. The molecular weight excluding hydrogens is 274 g/mol. The number of nitrogens with zero attached hydrogens (tertiary/aromatic N) is 1. The lowest BCUT2D eigenvalue weighted by Gasteiger charge is -2.26. The number of hydrogen-bond donors (Lipinski definition) is 2. The topological polar surface area (TPSA) is 36.5 Å². The number of anilines is 1. The predicted octanol–water partition coefficient (Wildman–Crippen LogP) is 1.90. The molecule has 2 heterocycles. The smallest absolute Gasteiger partial charge is 0.0594 e. The Hall–Kier alpha value is -1.10. The van der Waals surface area contributed by atoms with Gasteiger partial charge in [-0.25, -0.2) is 0 Å². The van der Waals surface area contributed by atoms with Crippen molar-refractivity contribution in [1.82, 2.24) is 10.2 Å². The summed E-state index contributed by atoms with van der Waals surface area (Å²) < 4.78 is 5.37. The molecular formula is C18H29N3O. The van der Waals surface area contributed by atoms with Gasteiger partial charge >= 0.3 is 0 Å². The number of morpholine rings is 1. The summed E-state index contributed by atoms with van der Waals surface area (Å²) in [5.74, 6) is 0. The number of nitrogens with one attached hydrogen (secondary N) is 2. The lowest BCUT2D eigenvalue weighted by Crippen LogP contribution is -2.37. The van der Waals surface area contributed by atoms with Crippen LogP contribution in [0.25, 0.3) is 0 Å². The fourth-order valence-corrected chi connectivity index (χ4v) is 3.29. The third-order valence-corrected chi connectivity index (χ3v) is 4.63. The van der Waals surface area contributed by atoms with Crippen LogP contribution in [0.15, 0.2) is 18.2 Å². The Labute approximate surface area is 134 Å². The molecule has 1 aromatic rings. The van der Waals surface area contributed by atoms with Crippen LogP contribution in [-0.2, 0) is 17.6 Å². The number of hydrogen-bond acceptors (Lipinski definition) is 4. The van der Waals surface area contributed by atoms with E-state index in [0.29, 0.717) is 0 Å². The highest BCUT2D eigenvalue weighted by Crippen LogP contribution is 2.22. The van der Waals surface area contributed by atoms with Gasteiger partial charge in [-0.05, 0) is 62.5 Å². The second kappa shape index (κ2) is 8.51. The first kappa shape index (κ1) is 15.8. The Morgan fingerprint density at radius 1 is 1.18 bits per heavy atom. The quantitative estimate of drug-likeness (QED) is 0.754. The maximum atomic E-state index is 5.37. The molecule has 1 fully saturated rings. The summed E-state index contributed by atoms with van der Waals surface area (Å²) in [4.78, 5) is 2.50. The molecule has 122 valence electrons. The van der Waals surface area contributed by atoms with E-state index in [0.717, 1.165) is 52.4 Å². The van der Waals surface area contributed by atoms with Crippen LogP contribution >= 0.6 is 0 Å². The molecule has 0 atom stereocenters. The van der Waals surface area contributed by atoms with Crippen molar-refractivity contribution in [1.29, 1.82) is 0 Å². The average molecular weight is 303 g/mol. The molecule has 4 nitrogen and oxygen atoms in total. The van der Waals surface area contributed by atoms with Crippen molar-refractivity contribution in [3.05, 3.63) is 29.3 Å². The lowest BCUT2D eigenvalue weighted by atomic mass is 9.99. The molecule has 0 unspecified atom stereocenters. The largest absolute Gasteiger partial charge is 0.385 e. The van der Waals surface area contributed by atoms with Gasteiger partial charge in [0.15, 0.2) is 0 Å². The van der Waals surface area contributed by atoms with Gasteiger partial charge < -0.3 is 15.4 Å². The zero-order chi connectivity index (χ0) is 15.0. The first-order valence-electron chi connectivity index (χ1n) is 8.78. The summed E-state index contributed by atoms with van der Waals surface area (Å²) in [6.45, 7) is 8.52. The average Bonchev–Trinajstić information content (AvgIpc) is 2.59. The molecule has 2 aliphatic heterocycles. The van der Waals surface area contributed by atoms with Crippen molar-refractivity contribution < 1.29 is 4.74 Å². The number of aryl methyl sites for hydroxylation is 1. The van der Waals surface area contributed by atoms with E-state index in [1.54, 1.807) is 0 Å². The van der Waals surface area contributed by atoms with Crippen molar-refractivity contribution >= 4 is 5.69 Å². The van der Waals surface area contributed by atoms with E-state index in [-0.39, 0.29) is 0 Å². The normalized spacial score (nSPS) is 18.7. The van der Waals surface area contributed by atoms with E-state index in [1.807, 2.05) is 0 Å². The van der Waals surface area contributed by atoms with E-state index < -0.39 is 0 Å². The second-order valence-corrected chi connectivity index (χ2v) is 6.33. The summed E-state index contributed by atoms with van der Waals surface area (Å²) >= 11 is 0. The molecule has 0 radical (unpaired) electrons. The highest BCUT2D eigenvalue weighted by Gasteiger charge is 2.09. The standard InChI is InChI=1S/C18H29N3O/c1-3-17-15-16(4-5-18(17)20-8-1)6-9-19-7-2-10-21-11-13-22-14-12-21/h4-5,15,19-20H,1-3,6-14H2. The molecule has 0 bridgehead atoms. The van der Waals surface area contributed by atoms with Crippen molar-refractivity contribution in [3.8, 4) is 0 Å². The Balaban J connectivity index is 1.30. The van der Waals surface area contributed by atoms with E-state index in [9.17, 15) is 0 Å². The molecule has 2 aliphatic rings. The minimum absolute atomic E-state index is 0.903. The molecule has 0 saturated carbocycles. The van der Waals surface area contributed by atoms with Gasteiger partial charge in [-0.15, -0.1) is 0 Å². The predicted molar refractivity (Wildman–Crippen MR) is 91.7 cm³/mol. The van der Waals surface area contributed by atoms with Gasteiger partial charge in [0.05, 0.1) is 13.2 Å². The molecule has 1 aromatic carbocycles. The maximum absolute atomic E-state index is 5.37. The Bertz CT molecular complexity index is 458. The Morgan fingerprint density at radius 3 is 3.00 bits per heavy atom. The molecule has 0 spiro atoms. The van der Waals surface area contributed by atoms with Gasteiger partial charge in [-0.2, -0.15) is 0 Å². The first-order chi connectivity index (χ1) is 10.9. The highest BCUT2D eigenvalue weighted by molar-refractivity contribution is 5.54. The molecule has 2 N–H and O–H groups in total. The number of ether oxygens (including phenoxy) is 1. The molecule has 1 saturated heterocycles. The molecule has 3 rings (SSSR count). The van der Waals surface area contributed by atoms with Gasteiger partial charge in [0.2, 0.25) is 0 Å². The molecule has 0 aromatic heterocycles. The van der Waals surface area contributed by atoms with E-state index >= 15 is 0 Å². The van der Waals surface area contributed by atoms with Crippen molar-refractivity contribution in [2.75, 3.05) is 57.8 Å². The minimum atomic E-state index is 0.903. The van der Waals surface area contributed by atoms with Crippen LogP contribution in [0, 0.1) is 0 Å². The summed E-state index contributed by atoms with van der Waals surface area (Å²) in [6, 6.07) is 6.91. The van der Waals surface area contributed by atoms with Gasteiger partial charge in [0.1, 0.15) is 0 Å². The minimum Gasteiger partial charge on any atom is -0.385 e. The molecule has 22 heavy (non-hydrogen) atoms. The maximum Gasteiger partial charge on any atom is 0.0594 e. The lowest BCUT2D eigenvalue weighted by molar-refractivity contribution is 0.0375. The summed E-state index contributed by atoms with van der Waals surface area (Å²) in [7, 11) is 0. The van der Waals surface area contributed by atoms with Gasteiger partial charge in [0.25, 0.3) is 0 Å². The van der Waals surface area contributed by atoms with E-state index in [2.05, 4.69) is 33.7 Å². The third-order valence-electron chi connectivity index (χ3n) is 4.63. The van der Waals surface area contributed by atoms with Crippen LogP contribution in [0.4, 0.5) is 5.69 Å². The van der Waals surface area contributed by atoms with Crippen LogP contribution in [0.2, 0.25) is 0 Å². The van der Waals surface area contributed by atoms with Crippen molar-refractivity contribution in [2.24, 2.45) is 0 Å². The third kappa shape index (κ3) is 4.70. The second-order valence-electron chi connectivity index (χ2n) is 6.33. The molecule has 4 heteroatoms. The van der Waals surface area contributed by atoms with Gasteiger partial charge in [-0.1, -0.05) is 12.1 Å². The summed E-state index contributed by atoms with van der Waals surface area (Å²) in [6.07, 6.45) is 4.85. The number of rotatable bonds is 7. The Morgan fingerprint density at radius 2 is 2.09 bits per heavy atom. The van der Waals surface area contributed by atoms with Crippen LogP contribution in [0.5, 0.6) is 0 Å². The van der Waals surface area contributed by atoms with E-state index in [4.69, 9.17) is 4.74 Å². The number of fused-ring (bicyclic) bond motifs is 1. The molecule has 0 aliphatic carbocycles. The first-order valence-corrected chi connectivity index (χ1v) is 8.78. The zero-order valence-electron chi connectivity index (χ0n) is 13.6. The number of benzene rings is 1. The van der Waals surface area contributed by atoms with Crippen LogP contribution < -0.4 is 10.6 Å². The summed E-state index contributed by atoms with van der Waals surface area (Å²) in [5, 5.41) is 7.06. The van der Waals surface area contributed by atoms with Gasteiger partial charge in [0, 0.05) is 25.3 Å². The van der Waals surface area contributed by atoms with Gasteiger partial charge in [-0.3, -0.25) is 4.90 Å². The van der Waals surface area contributed by atoms with Crippen LogP contribution in [0.1, 0.15) is 24.0 Å². The van der Waals surface area contributed by atoms with Crippen LogP contribution in [-0.4, -0.2) is 57.4 Å². The van der Waals surface area contributed by atoms with Crippen molar-refractivity contribution in [3.63, 3.8) is 0 Å². The fraction of sp³-hybridized carbons (Fsp3) is 0.667. The fourth-order valence-electron chi connectivity index (χ4n) is 3.29. The monoisotopic (exact) mass is 303 g/mol. The molecule has 0 amide bonds. The highest BCUT2D eigenvalue weighted by atomic mass is 16.5. The SMILES string of the molecule is c1cc2c(cc1CCNCCCN1CCOCC1)CCCN2. The van der Waals surface area contributed by atoms with Crippen LogP contribution in [0.3, 0.4) is 0 Å². The van der Waals surface area contributed by atoms with E-state index in [1.165, 1.54) is 42.6 Å². The summed E-state index contributed by atoms with van der Waals surface area (Å²) in [5.41, 5.74) is 4.30. The zero-order valence-corrected chi connectivity index (χ0v) is 13.6. The van der Waals surface area contributed by atoms with Crippen molar-refractivity contribution in [2.45, 2.75) is 25.7 Å².